The third kappa shape index (κ3) is 5.14. The van der Waals surface area contributed by atoms with Gasteiger partial charge in [0.2, 0.25) is 6.29 Å². The van der Waals surface area contributed by atoms with Crippen molar-refractivity contribution in [1.82, 2.24) is 0 Å². The highest BCUT2D eigenvalue weighted by Gasteiger charge is 2.50. The van der Waals surface area contributed by atoms with Crippen LogP contribution in [0.15, 0.2) is 0 Å². The summed E-state index contributed by atoms with van der Waals surface area (Å²) in [6.07, 6.45) is -6.56. The van der Waals surface area contributed by atoms with E-state index in [9.17, 15) is 18.3 Å². The highest BCUT2D eigenvalue weighted by atomic mass is 32.3. The molecule has 2 N–H and O–H groups in total. The lowest BCUT2D eigenvalue weighted by molar-refractivity contribution is -0.301. The molecule has 1 rings (SSSR count). The van der Waals surface area contributed by atoms with Gasteiger partial charge in [0.25, 0.3) is 6.47 Å². The molecule has 0 saturated carbocycles. The molecular weight excluding hydrogens is 320 g/mol. The molecular formula is C12H22O9S. The summed E-state index contributed by atoms with van der Waals surface area (Å²) in [6, 6.07) is 0. The van der Waals surface area contributed by atoms with Gasteiger partial charge in [0.1, 0.15) is 18.3 Å². The Morgan fingerprint density at radius 3 is 2.18 bits per heavy atom. The third-order valence-electron chi connectivity index (χ3n) is 3.07. The van der Waals surface area contributed by atoms with Crippen LogP contribution in [-0.4, -0.2) is 61.4 Å². The second-order valence-corrected chi connectivity index (χ2v) is 6.62. The Labute approximate surface area is 129 Å². The zero-order chi connectivity index (χ0) is 17.1. The molecule has 0 aromatic heterocycles. The smallest absolute Gasteiger partial charge is 0.397 e. The van der Waals surface area contributed by atoms with Crippen molar-refractivity contribution in [2.45, 2.75) is 64.5 Å². The molecule has 22 heavy (non-hydrogen) atoms. The van der Waals surface area contributed by atoms with Crippen molar-refractivity contribution in [3.63, 3.8) is 0 Å². The summed E-state index contributed by atoms with van der Waals surface area (Å²) in [5.41, 5.74) is 0. The normalized spacial score (nSPS) is 33.2. The van der Waals surface area contributed by atoms with Gasteiger partial charge in [-0.1, -0.05) is 13.8 Å². The number of carbonyl (C=O) groups is 1. The van der Waals surface area contributed by atoms with Crippen LogP contribution in [0.5, 0.6) is 0 Å². The van der Waals surface area contributed by atoms with Gasteiger partial charge in [-0.2, -0.15) is 8.42 Å². The molecule has 1 heterocycles. The first-order chi connectivity index (χ1) is 10.1. The maximum atomic E-state index is 11.0. The number of aliphatic hydroxyl groups excluding tert-OH is 1. The lowest BCUT2D eigenvalue weighted by Crippen LogP contribution is -2.61. The number of aliphatic hydroxyl groups is 1. The van der Waals surface area contributed by atoms with Gasteiger partial charge in [0.05, 0.1) is 12.2 Å². The molecule has 0 aliphatic carbocycles. The van der Waals surface area contributed by atoms with Crippen LogP contribution >= 0.6 is 0 Å². The summed E-state index contributed by atoms with van der Waals surface area (Å²) in [4.78, 5) is 10.6. The van der Waals surface area contributed by atoms with Crippen molar-refractivity contribution in [2.24, 2.45) is 5.92 Å². The maximum Gasteiger partial charge on any atom is 0.397 e. The molecule has 5 atom stereocenters. The number of rotatable bonds is 7. The van der Waals surface area contributed by atoms with E-state index < -0.39 is 41.1 Å². The van der Waals surface area contributed by atoms with Gasteiger partial charge in [0, 0.05) is 0 Å². The van der Waals surface area contributed by atoms with Gasteiger partial charge in [0.15, 0.2) is 0 Å². The molecule has 0 aromatic rings. The first kappa shape index (κ1) is 19.3. The highest BCUT2D eigenvalue weighted by molar-refractivity contribution is 7.80. The lowest BCUT2D eigenvalue weighted by atomic mass is 9.92. The zero-order valence-corrected chi connectivity index (χ0v) is 13.6. The van der Waals surface area contributed by atoms with E-state index in [-0.39, 0.29) is 18.5 Å². The molecule has 1 aliphatic heterocycles. The van der Waals surface area contributed by atoms with Crippen LogP contribution < -0.4 is 0 Å². The Kier molecular flexibility index (Phi) is 6.71. The van der Waals surface area contributed by atoms with Crippen LogP contribution in [0.25, 0.3) is 0 Å². The minimum Gasteiger partial charge on any atom is -0.435 e. The second kappa shape index (κ2) is 7.66. The molecule has 0 aromatic carbocycles. The topological polar surface area (TPSA) is 129 Å². The van der Waals surface area contributed by atoms with Gasteiger partial charge in [-0.15, -0.1) is 0 Å². The van der Waals surface area contributed by atoms with E-state index in [2.05, 4.69) is 4.18 Å². The molecule has 2 unspecified atom stereocenters. The fourth-order valence-corrected chi connectivity index (χ4v) is 2.77. The SMILES string of the molecule is CC(C)O[C@@H]1C(OC=O)O[C@@H](C(C)C)C(OS(=O)(=O)O)[C@@H]1O. The molecule has 130 valence electrons. The van der Waals surface area contributed by atoms with Crippen LogP contribution in [0.2, 0.25) is 0 Å². The van der Waals surface area contributed by atoms with Crippen LogP contribution in [0.4, 0.5) is 0 Å². The predicted molar refractivity (Wildman–Crippen MR) is 73.1 cm³/mol. The second-order valence-electron chi connectivity index (χ2n) is 5.57. The van der Waals surface area contributed by atoms with E-state index in [1.54, 1.807) is 27.7 Å². The van der Waals surface area contributed by atoms with E-state index in [0.717, 1.165) is 0 Å². The number of ether oxygens (including phenoxy) is 3. The summed E-state index contributed by atoms with van der Waals surface area (Å²) in [5.74, 6) is -0.292. The number of carbonyl (C=O) groups excluding carboxylic acids is 1. The molecule has 0 radical (unpaired) electrons. The Hall–Kier alpha value is -0.780. The summed E-state index contributed by atoms with van der Waals surface area (Å²) >= 11 is 0. The fraction of sp³-hybridized carbons (Fsp3) is 0.917. The van der Waals surface area contributed by atoms with Crippen LogP contribution in [0, 0.1) is 5.92 Å². The Morgan fingerprint density at radius 2 is 1.77 bits per heavy atom. The average molecular weight is 342 g/mol. The minimum absolute atomic E-state index is 0.148. The fourth-order valence-electron chi connectivity index (χ4n) is 2.26. The summed E-state index contributed by atoms with van der Waals surface area (Å²) in [5, 5.41) is 10.4. The molecule has 9 nitrogen and oxygen atoms in total. The molecule has 0 amide bonds. The van der Waals surface area contributed by atoms with E-state index in [1.165, 1.54) is 0 Å². The minimum atomic E-state index is -4.81. The lowest BCUT2D eigenvalue weighted by Gasteiger charge is -2.44. The Balaban J connectivity index is 3.09. The predicted octanol–water partition coefficient (Wildman–Crippen LogP) is -0.117. The summed E-state index contributed by atoms with van der Waals surface area (Å²) < 4.78 is 51.1. The molecule has 10 heteroatoms. The molecule has 1 fully saturated rings. The Bertz CT molecular complexity index is 461. The van der Waals surface area contributed by atoms with Crippen LogP contribution in [-0.2, 0) is 33.6 Å². The first-order valence-electron chi connectivity index (χ1n) is 6.80. The van der Waals surface area contributed by atoms with E-state index in [0.29, 0.717) is 0 Å². The standard InChI is InChI=1S/C12H22O9S/c1-6(2)9-10(21-22(15,16)17)8(14)11(19-7(3)4)12(20-9)18-5-13/h5-12,14H,1-4H3,(H,15,16,17)/t8-,9-,10?,11-,12?/m0/s1. The van der Waals surface area contributed by atoms with Gasteiger partial charge in [-0.25, -0.2) is 4.18 Å². The van der Waals surface area contributed by atoms with Crippen molar-refractivity contribution in [1.29, 1.82) is 0 Å². The number of hydrogen-bond donors (Lipinski definition) is 2. The van der Waals surface area contributed by atoms with Crippen LogP contribution in [0.3, 0.4) is 0 Å². The van der Waals surface area contributed by atoms with Crippen molar-refractivity contribution in [2.75, 3.05) is 0 Å². The highest BCUT2D eigenvalue weighted by Crippen LogP contribution is 2.31. The molecule has 0 spiro atoms. The van der Waals surface area contributed by atoms with Gasteiger partial charge in [-0.05, 0) is 19.8 Å². The van der Waals surface area contributed by atoms with Crippen molar-refractivity contribution >= 4 is 16.9 Å². The molecule has 1 aliphatic rings. The first-order valence-corrected chi connectivity index (χ1v) is 8.17. The van der Waals surface area contributed by atoms with Crippen molar-refractivity contribution in [3.8, 4) is 0 Å². The molecule has 0 bridgehead atoms. The average Bonchev–Trinajstić information content (AvgIpc) is 2.35. The van der Waals surface area contributed by atoms with Crippen molar-refractivity contribution in [3.05, 3.63) is 0 Å². The van der Waals surface area contributed by atoms with Crippen LogP contribution in [0.1, 0.15) is 27.7 Å². The van der Waals surface area contributed by atoms with E-state index >= 15 is 0 Å². The summed E-state index contributed by atoms with van der Waals surface area (Å²) in [6.45, 7) is 6.89. The van der Waals surface area contributed by atoms with Crippen molar-refractivity contribution < 1.29 is 41.3 Å². The van der Waals surface area contributed by atoms with E-state index in [1.807, 2.05) is 0 Å². The quantitative estimate of drug-likeness (QED) is 0.480. The maximum absolute atomic E-state index is 11.0. The third-order valence-corrected chi connectivity index (χ3v) is 3.53. The largest absolute Gasteiger partial charge is 0.435 e. The number of hydrogen-bond acceptors (Lipinski definition) is 8. The summed E-state index contributed by atoms with van der Waals surface area (Å²) in [7, 11) is -4.81. The van der Waals surface area contributed by atoms with E-state index in [4.69, 9.17) is 18.8 Å². The van der Waals surface area contributed by atoms with Gasteiger partial charge >= 0.3 is 10.4 Å². The van der Waals surface area contributed by atoms with Gasteiger partial charge < -0.3 is 19.3 Å². The zero-order valence-electron chi connectivity index (χ0n) is 12.8. The Morgan fingerprint density at radius 1 is 1.18 bits per heavy atom. The molecule has 1 saturated heterocycles. The van der Waals surface area contributed by atoms with Gasteiger partial charge in [-0.3, -0.25) is 9.35 Å². The monoisotopic (exact) mass is 342 g/mol.